The highest BCUT2D eigenvalue weighted by Gasteiger charge is 2.36. The Labute approximate surface area is 121 Å². The lowest BCUT2D eigenvalue weighted by Crippen LogP contribution is -2.57. The van der Waals surface area contributed by atoms with Crippen LogP contribution in [-0.2, 0) is 9.59 Å². The largest absolute Gasteiger partial charge is 0.332 e. The molecule has 5 heteroatoms. The summed E-state index contributed by atoms with van der Waals surface area (Å²) in [5.41, 5.74) is 0.0836. The van der Waals surface area contributed by atoms with Gasteiger partial charge >= 0.3 is 11.8 Å². The Morgan fingerprint density at radius 1 is 1.16 bits per heavy atom. The van der Waals surface area contributed by atoms with Gasteiger partial charge in [-0.05, 0) is 30.9 Å². The van der Waals surface area contributed by atoms with E-state index in [9.17, 15) is 9.59 Å². The van der Waals surface area contributed by atoms with Crippen molar-refractivity contribution in [1.82, 2.24) is 9.80 Å². The summed E-state index contributed by atoms with van der Waals surface area (Å²) in [6.45, 7) is 12.2. The van der Waals surface area contributed by atoms with Crippen LogP contribution in [0.4, 0.5) is 0 Å². The van der Waals surface area contributed by atoms with Crippen LogP contribution in [-0.4, -0.2) is 53.0 Å². The fourth-order valence-corrected chi connectivity index (χ4v) is 2.89. The normalized spacial score (nSPS) is 19.3. The first-order valence-electron chi connectivity index (χ1n) is 6.89. The Morgan fingerprint density at radius 3 is 2.16 bits per heavy atom. The van der Waals surface area contributed by atoms with Gasteiger partial charge in [0.2, 0.25) is 0 Å². The average Bonchev–Trinajstić information content (AvgIpc) is 2.29. The van der Waals surface area contributed by atoms with Crippen LogP contribution in [0.2, 0.25) is 0 Å². The molecule has 1 atom stereocenters. The zero-order chi connectivity index (χ0) is 14.8. The molecule has 1 fully saturated rings. The molecule has 2 amide bonds. The highest BCUT2D eigenvalue weighted by molar-refractivity contribution is 7.80. The van der Waals surface area contributed by atoms with Crippen LogP contribution in [0.3, 0.4) is 0 Å². The van der Waals surface area contributed by atoms with E-state index in [4.69, 9.17) is 0 Å². The van der Waals surface area contributed by atoms with Crippen molar-refractivity contribution in [3.8, 4) is 0 Å². The molecular weight excluding hydrogens is 260 g/mol. The molecule has 1 rings (SSSR count). The minimum Gasteiger partial charge on any atom is -0.332 e. The maximum atomic E-state index is 12.1. The fourth-order valence-electron chi connectivity index (χ4n) is 2.23. The number of piperazine rings is 1. The summed E-state index contributed by atoms with van der Waals surface area (Å²) in [5.74, 6) is 0.275. The Kier molecular flexibility index (Phi) is 5.30. The van der Waals surface area contributed by atoms with E-state index in [1.165, 1.54) is 0 Å². The van der Waals surface area contributed by atoms with Crippen molar-refractivity contribution in [2.45, 2.75) is 40.7 Å². The zero-order valence-corrected chi connectivity index (χ0v) is 13.5. The van der Waals surface area contributed by atoms with Gasteiger partial charge < -0.3 is 9.80 Å². The van der Waals surface area contributed by atoms with Gasteiger partial charge in [0, 0.05) is 25.7 Å². The number of nitrogens with zero attached hydrogens (tertiary/aromatic N) is 2. The van der Waals surface area contributed by atoms with E-state index in [0.717, 1.165) is 5.75 Å². The number of amides is 2. The molecular formula is C14H26N2O2S. The minimum atomic E-state index is -0.368. The van der Waals surface area contributed by atoms with Crippen LogP contribution in [0.5, 0.6) is 0 Å². The Bertz CT molecular complexity index is 350. The van der Waals surface area contributed by atoms with E-state index in [2.05, 4.69) is 33.4 Å². The monoisotopic (exact) mass is 286 g/mol. The molecule has 1 aliphatic heterocycles. The molecule has 0 aromatic carbocycles. The number of thiol groups is 1. The smallest absolute Gasteiger partial charge is 0.312 e. The zero-order valence-electron chi connectivity index (χ0n) is 12.6. The fraction of sp³-hybridized carbons (Fsp3) is 0.857. The topological polar surface area (TPSA) is 40.6 Å². The number of carbonyl (C=O) groups is 2. The molecule has 0 spiro atoms. The molecule has 0 N–H and O–H groups in total. The van der Waals surface area contributed by atoms with Crippen molar-refractivity contribution in [2.75, 3.05) is 25.4 Å². The van der Waals surface area contributed by atoms with Crippen molar-refractivity contribution < 1.29 is 9.59 Å². The quantitative estimate of drug-likeness (QED) is 0.631. The van der Waals surface area contributed by atoms with Crippen molar-refractivity contribution in [3.05, 3.63) is 0 Å². The van der Waals surface area contributed by atoms with Gasteiger partial charge in [-0.1, -0.05) is 20.8 Å². The second-order valence-corrected chi connectivity index (χ2v) is 6.95. The molecule has 4 nitrogen and oxygen atoms in total. The summed E-state index contributed by atoms with van der Waals surface area (Å²) >= 11 is 4.38. The van der Waals surface area contributed by atoms with E-state index in [1.807, 2.05) is 13.8 Å². The summed E-state index contributed by atoms with van der Waals surface area (Å²) in [5, 5.41) is 0. The molecule has 1 saturated heterocycles. The third-order valence-electron chi connectivity index (χ3n) is 3.85. The molecule has 0 aliphatic carbocycles. The minimum absolute atomic E-state index is 0.0836. The summed E-state index contributed by atoms with van der Waals surface area (Å²) in [7, 11) is 0. The highest BCUT2D eigenvalue weighted by Crippen LogP contribution is 2.28. The third-order valence-corrected chi connectivity index (χ3v) is 4.29. The lowest BCUT2D eigenvalue weighted by atomic mass is 9.81. The van der Waals surface area contributed by atoms with Crippen molar-refractivity contribution >= 4 is 24.4 Å². The molecule has 1 aliphatic rings. The van der Waals surface area contributed by atoms with E-state index < -0.39 is 0 Å². The van der Waals surface area contributed by atoms with E-state index >= 15 is 0 Å². The average molecular weight is 286 g/mol. The van der Waals surface area contributed by atoms with Crippen LogP contribution in [0, 0.1) is 11.3 Å². The first-order chi connectivity index (χ1) is 8.68. The number of hydrogen-bond donors (Lipinski definition) is 1. The van der Waals surface area contributed by atoms with Crippen LogP contribution >= 0.6 is 12.6 Å². The predicted octanol–water partition coefficient (Wildman–Crippen LogP) is 1.66. The van der Waals surface area contributed by atoms with Crippen LogP contribution in [0.15, 0.2) is 0 Å². The Balaban J connectivity index is 2.72. The van der Waals surface area contributed by atoms with E-state index in [-0.39, 0.29) is 29.2 Å². The van der Waals surface area contributed by atoms with Gasteiger partial charge in [-0.15, -0.1) is 0 Å². The van der Waals surface area contributed by atoms with Crippen LogP contribution < -0.4 is 0 Å². The third kappa shape index (κ3) is 3.88. The maximum absolute atomic E-state index is 12.1. The first-order valence-corrected chi connectivity index (χ1v) is 7.52. The molecule has 0 saturated carbocycles. The second-order valence-electron chi connectivity index (χ2n) is 6.59. The number of rotatable bonds is 4. The van der Waals surface area contributed by atoms with Gasteiger partial charge in [0.25, 0.3) is 0 Å². The summed E-state index contributed by atoms with van der Waals surface area (Å²) in [6, 6.07) is 0.0851. The van der Waals surface area contributed by atoms with Crippen LogP contribution in [0.1, 0.15) is 34.6 Å². The molecule has 110 valence electrons. The Hall–Kier alpha value is -0.710. The van der Waals surface area contributed by atoms with Crippen LogP contribution in [0.25, 0.3) is 0 Å². The molecule has 1 heterocycles. The van der Waals surface area contributed by atoms with Gasteiger partial charge in [0.15, 0.2) is 0 Å². The summed E-state index contributed by atoms with van der Waals surface area (Å²) in [4.78, 5) is 27.5. The van der Waals surface area contributed by atoms with Crippen molar-refractivity contribution in [1.29, 1.82) is 0 Å². The van der Waals surface area contributed by atoms with Gasteiger partial charge in [-0.3, -0.25) is 9.59 Å². The molecule has 0 bridgehead atoms. The highest BCUT2D eigenvalue weighted by atomic mass is 32.1. The van der Waals surface area contributed by atoms with E-state index in [0.29, 0.717) is 19.6 Å². The molecule has 0 aromatic heterocycles. The van der Waals surface area contributed by atoms with Gasteiger partial charge in [-0.2, -0.15) is 12.6 Å². The second kappa shape index (κ2) is 6.16. The van der Waals surface area contributed by atoms with E-state index in [1.54, 1.807) is 9.80 Å². The molecule has 0 aromatic rings. The lowest BCUT2D eigenvalue weighted by molar-refractivity contribution is -0.158. The summed E-state index contributed by atoms with van der Waals surface area (Å²) < 4.78 is 0. The van der Waals surface area contributed by atoms with Gasteiger partial charge in [0.1, 0.15) is 0 Å². The molecule has 1 unspecified atom stereocenters. The van der Waals surface area contributed by atoms with Gasteiger partial charge in [0.05, 0.1) is 0 Å². The standard InChI is InChI=1S/C14H26N2O2S/c1-10(2)16-7-6-15(12(17)13(16)18)8-11(9-19)14(3,4)5/h10-11,19H,6-9H2,1-5H3. The maximum Gasteiger partial charge on any atom is 0.312 e. The number of carbonyl (C=O) groups excluding carboxylic acids is 2. The Morgan fingerprint density at radius 2 is 1.74 bits per heavy atom. The SMILES string of the molecule is CC(C)N1CCN(CC(CS)C(C)(C)C)C(=O)C1=O. The summed E-state index contributed by atoms with van der Waals surface area (Å²) in [6.07, 6.45) is 0. The molecule has 19 heavy (non-hydrogen) atoms. The number of hydrogen-bond acceptors (Lipinski definition) is 3. The van der Waals surface area contributed by atoms with Crippen molar-refractivity contribution in [2.24, 2.45) is 11.3 Å². The first kappa shape index (κ1) is 16.3. The van der Waals surface area contributed by atoms with Crippen molar-refractivity contribution in [3.63, 3.8) is 0 Å². The molecule has 0 radical (unpaired) electrons. The lowest BCUT2D eigenvalue weighted by Gasteiger charge is -2.39. The van der Waals surface area contributed by atoms with Gasteiger partial charge in [-0.25, -0.2) is 0 Å². The predicted molar refractivity (Wildman–Crippen MR) is 80.2 cm³/mol.